The summed E-state index contributed by atoms with van der Waals surface area (Å²) in [6.07, 6.45) is 0. The van der Waals surface area contributed by atoms with Crippen molar-refractivity contribution in [2.75, 3.05) is 7.11 Å². The van der Waals surface area contributed by atoms with E-state index in [4.69, 9.17) is 4.74 Å². The third-order valence-corrected chi connectivity index (χ3v) is 3.25. The molecule has 0 bridgehead atoms. The smallest absolute Gasteiger partial charge is 0.155 e. The van der Waals surface area contributed by atoms with Crippen LogP contribution in [-0.4, -0.2) is 12.1 Å². The van der Waals surface area contributed by atoms with Crippen LogP contribution in [-0.2, 0) is 10.8 Å². The van der Waals surface area contributed by atoms with E-state index in [1.54, 1.807) is 7.11 Å². The lowest BCUT2D eigenvalue weighted by Crippen LogP contribution is -2.19. The summed E-state index contributed by atoms with van der Waals surface area (Å²) >= 11 is 3.51. The molecule has 0 saturated heterocycles. The minimum atomic E-state index is 0.0365. The Kier molecular flexibility index (Phi) is 3.92. The molecule has 0 spiro atoms. The Bertz CT molecular complexity index is 413. The molecule has 0 radical (unpaired) electrons. The number of aromatic nitrogens is 1. The Hall–Kier alpha value is -0.570. The molecular formula is C14H22BrNO. The van der Waals surface area contributed by atoms with Crippen molar-refractivity contribution in [3.05, 3.63) is 21.9 Å². The lowest BCUT2D eigenvalue weighted by molar-refractivity contribution is 0.390. The number of hydrogen-bond acceptors (Lipinski definition) is 2. The summed E-state index contributed by atoms with van der Waals surface area (Å²) in [5, 5.41) is 0. The van der Waals surface area contributed by atoms with E-state index in [1.165, 1.54) is 5.56 Å². The van der Waals surface area contributed by atoms with Gasteiger partial charge in [0.15, 0.2) is 5.75 Å². The molecule has 1 heterocycles. The molecule has 0 aliphatic carbocycles. The molecule has 0 aliphatic rings. The molecule has 0 atom stereocenters. The first-order valence-electron chi connectivity index (χ1n) is 5.83. The summed E-state index contributed by atoms with van der Waals surface area (Å²) in [5.41, 5.74) is 2.34. The van der Waals surface area contributed by atoms with Crippen molar-refractivity contribution in [2.24, 2.45) is 0 Å². The zero-order chi connectivity index (χ0) is 13.4. The Morgan fingerprint density at radius 1 is 1.06 bits per heavy atom. The second kappa shape index (κ2) is 4.60. The van der Waals surface area contributed by atoms with Crippen molar-refractivity contribution in [2.45, 2.75) is 52.4 Å². The summed E-state index contributed by atoms with van der Waals surface area (Å²) in [7, 11) is 1.69. The van der Waals surface area contributed by atoms with Crippen LogP contribution < -0.4 is 4.74 Å². The SMILES string of the molecule is COc1c(C(C)(C)C)cc(C(C)(C)C)nc1Br. The fraction of sp³-hybridized carbons (Fsp3) is 0.643. The van der Waals surface area contributed by atoms with Gasteiger partial charge in [-0.2, -0.15) is 0 Å². The average Bonchev–Trinajstić information content (AvgIpc) is 2.13. The van der Waals surface area contributed by atoms with Crippen LogP contribution in [0.4, 0.5) is 0 Å². The molecule has 0 aromatic carbocycles. The molecule has 0 amide bonds. The predicted octanol–water partition coefficient (Wildman–Crippen LogP) is 4.45. The van der Waals surface area contributed by atoms with Crippen LogP contribution in [0, 0.1) is 0 Å². The highest BCUT2D eigenvalue weighted by molar-refractivity contribution is 9.10. The Morgan fingerprint density at radius 2 is 1.59 bits per heavy atom. The minimum absolute atomic E-state index is 0.0365. The molecule has 0 fully saturated rings. The summed E-state index contributed by atoms with van der Waals surface area (Å²) in [6.45, 7) is 13.1. The number of methoxy groups -OCH3 is 1. The largest absolute Gasteiger partial charge is 0.494 e. The van der Waals surface area contributed by atoms with Crippen molar-refractivity contribution in [3.63, 3.8) is 0 Å². The maximum atomic E-state index is 5.46. The van der Waals surface area contributed by atoms with Gasteiger partial charge in [-0.3, -0.25) is 0 Å². The number of ether oxygens (including phenoxy) is 1. The van der Waals surface area contributed by atoms with Gasteiger partial charge in [0.05, 0.1) is 7.11 Å². The monoisotopic (exact) mass is 299 g/mol. The number of nitrogens with zero attached hydrogens (tertiary/aromatic N) is 1. The van der Waals surface area contributed by atoms with E-state index in [9.17, 15) is 0 Å². The van der Waals surface area contributed by atoms with Crippen molar-refractivity contribution in [3.8, 4) is 5.75 Å². The highest BCUT2D eigenvalue weighted by atomic mass is 79.9. The first kappa shape index (κ1) is 14.5. The second-order valence-corrected chi connectivity index (χ2v) is 7.13. The van der Waals surface area contributed by atoms with E-state index in [1.807, 2.05) is 0 Å². The van der Waals surface area contributed by atoms with Gasteiger partial charge in [-0.15, -0.1) is 0 Å². The lowest BCUT2D eigenvalue weighted by atomic mass is 9.83. The van der Waals surface area contributed by atoms with E-state index in [-0.39, 0.29) is 10.8 Å². The van der Waals surface area contributed by atoms with Gasteiger partial charge in [0.1, 0.15) is 4.60 Å². The molecule has 0 N–H and O–H groups in total. The van der Waals surface area contributed by atoms with Crippen LogP contribution in [0.1, 0.15) is 52.8 Å². The number of halogens is 1. The van der Waals surface area contributed by atoms with Crippen LogP contribution in [0.3, 0.4) is 0 Å². The zero-order valence-corrected chi connectivity index (χ0v) is 13.4. The van der Waals surface area contributed by atoms with Gasteiger partial charge < -0.3 is 4.74 Å². The van der Waals surface area contributed by atoms with Crippen LogP contribution in [0.15, 0.2) is 10.7 Å². The topological polar surface area (TPSA) is 22.1 Å². The molecule has 0 aliphatic heterocycles. The quantitative estimate of drug-likeness (QED) is 0.715. The van der Waals surface area contributed by atoms with Gasteiger partial charge >= 0.3 is 0 Å². The summed E-state index contributed by atoms with van der Waals surface area (Å²) in [5.74, 6) is 0.838. The third-order valence-electron chi connectivity index (χ3n) is 2.71. The first-order valence-corrected chi connectivity index (χ1v) is 6.62. The van der Waals surface area contributed by atoms with Gasteiger partial charge in [0.2, 0.25) is 0 Å². The maximum absolute atomic E-state index is 5.46. The third kappa shape index (κ3) is 3.21. The van der Waals surface area contributed by atoms with Crippen LogP contribution in [0.2, 0.25) is 0 Å². The first-order chi connectivity index (χ1) is 7.57. The second-order valence-electron chi connectivity index (χ2n) is 6.38. The van der Waals surface area contributed by atoms with Crippen molar-refractivity contribution in [1.29, 1.82) is 0 Å². The van der Waals surface area contributed by atoms with Crippen LogP contribution in [0.5, 0.6) is 5.75 Å². The number of hydrogen-bond donors (Lipinski definition) is 0. The normalized spacial score (nSPS) is 12.7. The molecule has 0 saturated carbocycles. The van der Waals surface area contributed by atoms with Gasteiger partial charge in [-0.25, -0.2) is 4.98 Å². The van der Waals surface area contributed by atoms with E-state index in [2.05, 4.69) is 68.5 Å². The van der Waals surface area contributed by atoms with Crippen molar-refractivity contribution in [1.82, 2.24) is 4.98 Å². The molecule has 1 aromatic heterocycles. The summed E-state index contributed by atoms with van der Waals surface area (Å²) < 4.78 is 6.25. The fourth-order valence-electron chi connectivity index (χ4n) is 1.64. The molecular weight excluding hydrogens is 278 g/mol. The van der Waals surface area contributed by atoms with E-state index in [0.29, 0.717) is 0 Å². The summed E-state index contributed by atoms with van der Waals surface area (Å²) in [4.78, 5) is 4.58. The lowest BCUT2D eigenvalue weighted by Gasteiger charge is -2.26. The maximum Gasteiger partial charge on any atom is 0.155 e. The van der Waals surface area contributed by atoms with E-state index >= 15 is 0 Å². The number of rotatable bonds is 1. The van der Waals surface area contributed by atoms with Crippen LogP contribution >= 0.6 is 15.9 Å². The standard InChI is InChI=1S/C14H22BrNO/c1-13(2,3)9-8-10(14(4,5)6)16-12(15)11(9)17-7/h8H,1-7H3. The van der Waals surface area contributed by atoms with Gasteiger partial charge in [0.25, 0.3) is 0 Å². The highest BCUT2D eigenvalue weighted by Gasteiger charge is 2.26. The molecule has 96 valence electrons. The highest BCUT2D eigenvalue weighted by Crippen LogP contribution is 2.38. The molecule has 1 aromatic rings. The van der Waals surface area contributed by atoms with E-state index in [0.717, 1.165) is 16.0 Å². The van der Waals surface area contributed by atoms with Crippen LogP contribution in [0.25, 0.3) is 0 Å². The van der Waals surface area contributed by atoms with E-state index < -0.39 is 0 Å². The van der Waals surface area contributed by atoms with Gasteiger partial charge in [0, 0.05) is 16.7 Å². The van der Waals surface area contributed by atoms with Crippen molar-refractivity contribution < 1.29 is 4.74 Å². The minimum Gasteiger partial charge on any atom is -0.494 e. The molecule has 2 nitrogen and oxygen atoms in total. The molecule has 1 rings (SSSR count). The predicted molar refractivity (Wildman–Crippen MR) is 75.9 cm³/mol. The zero-order valence-electron chi connectivity index (χ0n) is 11.8. The molecule has 17 heavy (non-hydrogen) atoms. The Balaban J connectivity index is 3.51. The summed E-state index contributed by atoms with van der Waals surface area (Å²) in [6, 6.07) is 2.16. The van der Waals surface area contributed by atoms with Gasteiger partial charge in [-0.05, 0) is 27.4 Å². The molecule has 0 unspecified atom stereocenters. The Labute approximate surface area is 113 Å². The van der Waals surface area contributed by atoms with Crippen molar-refractivity contribution >= 4 is 15.9 Å². The average molecular weight is 300 g/mol. The fourth-order valence-corrected chi connectivity index (χ4v) is 2.20. The number of pyridine rings is 1. The Morgan fingerprint density at radius 3 is 1.94 bits per heavy atom. The van der Waals surface area contributed by atoms with Gasteiger partial charge in [-0.1, -0.05) is 41.5 Å². The molecule has 3 heteroatoms.